The summed E-state index contributed by atoms with van der Waals surface area (Å²) in [4.78, 5) is 20.5. The lowest BCUT2D eigenvalue weighted by Gasteiger charge is -2.11. The molecule has 1 rings (SSSR count). The summed E-state index contributed by atoms with van der Waals surface area (Å²) in [6.45, 7) is 1.14. The van der Waals surface area contributed by atoms with Crippen LogP contribution in [0.2, 0.25) is 0 Å². The van der Waals surface area contributed by atoms with Gasteiger partial charge in [0.1, 0.15) is 0 Å². The molecule has 0 aliphatic carbocycles. The number of benzene rings is 1. The number of nitro benzene ring substituents is 1. The van der Waals surface area contributed by atoms with Crippen molar-refractivity contribution in [2.75, 3.05) is 5.32 Å². The normalized spacial score (nSPS) is 11.1. The lowest BCUT2D eigenvalue weighted by molar-refractivity contribution is -0.384. The number of non-ortho nitro benzene ring substituents is 1. The topological polar surface area (TPSA) is 72.2 Å². The zero-order chi connectivity index (χ0) is 13.9. The smallest absolute Gasteiger partial charge is 0.326 e. The Hall–Kier alpha value is -2.12. The van der Waals surface area contributed by atoms with Crippen molar-refractivity contribution in [3.63, 3.8) is 0 Å². The van der Waals surface area contributed by atoms with Crippen molar-refractivity contribution in [3.8, 4) is 0 Å². The highest BCUT2D eigenvalue weighted by atomic mass is 19.4. The van der Waals surface area contributed by atoms with Gasteiger partial charge in [-0.15, -0.1) is 0 Å². The van der Waals surface area contributed by atoms with E-state index in [1.807, 2.05) is 0 Å². The second kappa shape index (κ2) is 5.03. The molecule has 0 aromatic heterocycles. The van der Waals surface area contributed by atoms with Crippen LogP contribution in [0.3, 0.4) is 0 Å². The third kappa shape index (κ3) is 4.04. The van der Waals surface area contributed by atoms with Crippen LogP contribution in [0.5, 0.6) is 0 Å². The molecule has 18 heavy (non-hydrogen) atoms. The second-order valence-corrected chi connectivity index (χ2v) is 3.57. The van der Waals surface area contributed by atoms with Gasteiger partial charge in [0.05, 0.1) is 11.3 Å². The number of halogens is 3. The van der Waals surface area contributed by atoms with Gasteiger partial charge in [0.25, 0.3) is 5.69 Å². The highest BCUT2D eigenvalue weighted by Gasteiger charge is 2.30. The van der Waals surface area contributed by atoms with E-state index in [4.69, 9.17) is 0 Å². The molecule has 1 N–H and O–H groups in total. The van der Waals surface area contributed by atoms with E-state index in [-0.39, 0.29) is 11.3 Å². The molecule has 0 saturated heterocycles. The number of nitrogens with one attached hydrogen (secondary N) is 1. The molecular weight excluding hydrogens is 253 g/mol. The maximum atomic E-state index is 12.3. The van der Waals surface area contributed by atoms with Crippen LogP contribution in [0.25, 0.3) is 0 Å². The zero-order valence-corrected chi connectivity index (χ0v) is 9.25. The number of rotatable bonds is 3. The number of carbonyl (C=O) groups excluding carboxylic acids is 1. The van der Waals surface area contributed by atoms with Crippen molar-refractivity contribution in [1.29, 1.82) is 0 Å². The average molecular weight is 262 g/mol. The van der Waals surface area contributed by atoms with Crippen molar-refractivity contribution >= 4 is 17.3 Å². The van der Waals surface area contributed by atoms with E-state index in [0.717, 1.165) is 25.1 Å². The fourth-order valence-electron chi connectivity index (χ4n) is 1.37. The van der Waals surface area contributed by atoms with Gasteiger partial charge in [-0.1, -0.05) is 0 Å². The fourth-order valence-corrected chi connectivity index (χ4v) is 1.37. The van der Waals surface area contributed by atoms with E-state index < -0.39 is 29.1 Å². The zero-order valence-electron chi connectivity index (χ0n) is 9.25. The Morgan fingerprint density at radius 3 is 2.50 bits per heavy atom. The first-order chi connectivity index (χ1) is 8.19. The monoisotopic (exact) mass is 262 g/mol. The van der Waals surface area contributed by atoms with Gasteiger partial charge in [-0.3, -0.25) is 14.9 Å². The molecule has 0 fully saturated rings. The summed E-state index contributed by atoms with van der Waals surface area (Å²) < 4.78 is 36.9. The standard InChI is InChI=1S/C10H9F3N2O3/c1-6(16)14-9-3-2-8(15(17)18)4-7(9)5-10(11,12)13/h2-4H,5H2,1H3,(H,14,16). The molecule has 0 unspecified atom stereocenters. The number of hydrogen-bond acceptors (Lipinski definition) is 3. The third-order valence-corrected chi connectivity index (χ3v) is 2.00. The first-order valence-electron chi connectivity index (χ1n) is 4.80. The van der Waals surface area contributed by atoms with Gasteiger partial charge >= 0.3 is 6.18 Å². The minimum absolute atomic E-state index is 0.0783. The summed E-state index contributed by atoms with van der Waals surface area (Å²) in [5, 5.41) is 12.7. The maximum Gasteiger partial charge on any atom is 0.393 e. The van der Waals surface area contributed by atoms with Gasteiger partial charge in [-0.25, -0.2) is 0 Å². The van der Waals surface area contributed by atoms with Crippen LogP contribution < -0.4 is 5.32 Å². The Morgan fingerprint density at radius 2 is 2.06 bits per heavy atom. The molecular formula is C10H9F3N2O3. The lowest BCUT2D eigenvalue weighted by atomic mass is 10.1. The number of carbonyl (C=O) groups is 1. The van der Waals surface area contributed by atoms with E-state index in [1.54, 1.807) is 0 Å². The molecule has 0 heterocycles. The number of nitro groups is 1. The van der Waals surface area contributed by atoms with Crippen LogP contribution in [0.4, 0.5) is 24.5 Å². The SMILES string of the molecule is CC(=O)Nc1ccc([N+](=O)[O-])cc1CC(F)(F)F. The highest BCUT2D eigenvalue weighted by molar-refractivity contribution is 5.89. The Bertz CT molecular complexity index is 486. The van der Waals surface area contributed by atoms with Gasteiger partial charge in [0.2, 0.25) is 5.91 Å². The Kier molecular flexibility index (Phi) is 3.89. The molecule has 0 radical (unpaired) electrons. The van der Waals surface area contributed by atoms with Crippen molar-refractivity contribution < 1.29 is 22.9 Å². The first-order valence-corrected chi connectivity index (χ1v) is 4.80. The van der Waals surface area contributed by atoms with Crippen molar-refractivity contribution in [2.24, 2.45) is 0 Å². The van der Waals surface area contributed by atoms with E-state index in [9.17, 15) is 28.1 Å². The quantitative estimate of drug-likeness (QED) is 0.672. The number of alkyl halides is 3. The van der Waals surface area contributed by atoms with Crippen molar-refractivity contribution in [3.05, 3.63) is 33.9 Å². The molecule has 0 aliphatic heterocycles. The molecule has 1 aromatic carbocycles. The molecule has 1 aromatic rings. The van der Waals surface area contributed by atoms with Gasteiger partial charge in [-0.2, -0.15) is 13.2 Å². The largest absolute Gasteiger partial charge is 0.393 e. The van der Waals surface area contributed by atoms with Crippen LogP contribution >= 0.6 is 0 Å². The van der Waals surface area contributed by atoms with Gasteiger partial charge < -0.3 is 5.32 Å². The average Bonchev–Trinajstić information content (AvgIpc) is 2.17. The molecule has 98 valence electrons. The number of anilines is 1. The molecule has 0 spiro atoms. The molecule has 0 bridgehead atoms. The Morgan fingerprint density at radius 1 is 1.44 bits per heavy atom. The van der Waals surface area contributed by atoms with Crippen LogP contribution in [0.1, 0.15) is 12.5 Å². The van der Waals surface area contributed by atoms with Crippen LogP contribution in [-0.2, 0) is 11.2 Å². The minimum atomic E-state index is -4.51. The van der Waals surface area contributed by atoms with E-state index in [1.165, 1.54) is 0 Å². The van der Waals surface area contributed by atoms with E-state index >= 15 is 0 Å². The Balaban J connectivity index is 3.17. The summed E-state index contributed by atoms with van der Waals surface area (Å²) in [5.41, 5.74) is -0.874. The van der Waals surface area contributed by atoms with Gasteiger partial charge in [-0.05, 0) is 11.6 Å². The molecule has 0 aliphatic rings. The fraction of sp³-hybridized carbons (Fsp3) is 0.300. The summed E-state index contributed by atoms with van der Waals surface area (Å²) >= 11 is 0. The van der Waals surface area contributed by atoms with Gasteiger partial charge in [0.15, 0.2) is 0 Å². The minimum Gasteiger partial charge on any atom is -0.326 e. The van der Waals surface area contributed by atoms with Crippen molar-refractivity contribution in [2.45, 2.75) is 19.5 Å². The van der Waals surface area contributed by atoms with E-state index in [2.05, 4.69) is 5.32 Å². The number of amides is 1. The Labute approximate surface area is 99.8 Å². The maximum absolute atomic E-state index is 12.3. The summed E-state index contributed by atoms with van der Waals surface area (Å²) in [5.74, 6) is -0.549. The van der Waals surface area contributed by atoms with Gasteiger partial charge in [0, 0.05) is 24.7 Å². The molecule has 0 atom stereocenters. The number of nitrogens with zero attached hydrogens (tertiary/aromatic N) is 1. The number of hydrogen-bond donors (Lipinski definition) is 1. The summed E-state index contributed by atoms with van der Waals surface area (Å²) in [6, 6.07) is 2.92. The van der Waals surface area contributed by atoms with Crippen LogP contribution in [0, 0.1) is 10.1 Å². The van der Waals surface area contributed by atoms with Crippen LogP contribution in [-0.4, -0.2) is 17.0 Å². The molecule has 1 amide bonds. The molecule has 0 saturated carbocycles. The molecule has 5 nitrogen and oxygen atoms in total. The third-order valence-electron chi connectivity index (χ3n) is 2.00. The highest BCUT2D eigenvalue weighted by Crippen LogP contribution is 2.29. The van der Waals surface area contributed by atoms with Crippen molar-refractivity contribution in [1.82, 2.24) is 0 Å². The van der Waals surface area contributed by atoms with Crippen LogP contribution in [0.15, 0.2) is 18.2 Å². The summed E-state index contributed by atoms with van der Waals surface area (Å²) in [6.07, 6.45) is -5.85. The molecule has 8 heteroatoms. The second-order valence-electron chi connectivity index (χ2n) is 3.57. The lowest BCUT2D eigenvalue weighted by Crippen LogP contribution is -2.15. The van der Waals surface area contributed by atoms with E-state index in [0.29, 0.717) is 0 Å². The first kappa shape index (κ1) is 13.9. The predicted octanol–water partition coefficient (Wildman–Crippen LogP) is 2.66. The predicted molar refractivity (Wildman–Crippen MR) is 57.2 cm³/mol. The summed E-state index contributed by atoms with van der Waals surface area (Å²) in [7, 11) is 0.